The standard InChI is InChI=1S/C21H18N2O5S2/c1-2-3-11-22-19(24)18(30-21(22)29)12-14-7-9-17(10-8-14)28-20(25)15-5-4-6-16(13-15)23(26)27/h4-10,12-13H,2-3,11H2,1H3. The lowest BCUT2D eigenvalue weighted by atomic mass is 10.2. The van der Waals surface area contributed by atoms with Gasteiger partial charge in [0.1, 0.15) is 10.1 Å². The fourth-order valence-electron chi connectivity index (χ4n) is 2.70. The Balaban J connectivity index is 1.68. The van der Waals surface area contributed by atoms with Crippen LogP contribution in [0, 0.1) is 10.1 Å². The second-order valence-corrected chi connectivity index (χ2v) is 8.13. The summed E-state index contributed by atoms with van der Waals surface area (Å²) in [7, 11) is 0. The third-order valence-corrected chi connectivity index (χ3v) is 5.67. The van der Waals surface area contributed by atoms with Crippen LogP contribution in [0.2, 0.25) is 0 Å². The molecule has 0 spiro atoms. The van der Waals surface area contributed by atoms with Crippen LogP contribution in [0.25, 0.3) is 6.08 Å². The number of hydrogen-bond acceptors (Lipinski definition) is 7. The van der Waals surface area contributed by atoms with Crippen molar-refractivity contribution in [3.8, 4) is 5.75 Å². The Hall–Kier alpha value is -3.04. The summed E-state index contributed by atoms with van der Waals surface area (Å²) in [4.78, 5) is 37.2. The Morgan fingerprint density at radius 3 is 2.67 bits per heavy atom. The first-order valence-electron chi connectivity index (χ1n) is 9.21. The van der Waals surface area contributed by atoms with Crippen LogP contribution < -0.4 is 4.74 Å². The van der Waals surface area contributed by atoms with Gasteiger partial charge in [-0.25, -0.2) is 4.79 Å². The van der Waals surface area contributed by atoms with Gasteiger partial charge in [-0.1, -0.05) is 55.5 Å². The highest BCUT2D eigenvalue weighted by Gasteiger charge is 2.31. The first kappa shape index (κ1) is 21.7. The van der Waals surface area contributed by atoms with Crippen LogP contribution in [-0.4, -0.2) is 32.6 Å². The largest absolute Gasteiger partial charge is 0.423 e. The molecule has 30 heavy (non-hydrogen) atoms. The van der Waals surface area contributed by atoms with Gasteiger partial charge in [0, 0.05) is 18.7 Å². The Bertz CT molecular complexity index is 1030. The van der Waals surface area contributed by atoms with E-state index in [0.717, 1.165) is 24.5 Å². The second-order valence-electron chi connectivity index (χ2n) is 6.45. The molecule has 1 fully saturated rings. The van der Waals surface area contributed by atoms with Crippen molar-refractivity contribution in [2.24, 2.45) is 0 Å². The topological polar surface area (TPSA) is 89.8 Å². The highest BCUT2D eigenvalue weighted by atomic mass is 32.2. The minimum atomic E-state index is -0.691. The van der Waals surface area contributed by atoms with E-state index in [1.807, 2.05) is 0 Å². The summed E-state index contributed by atoms with van der Waals surface area (Å²) in [5.41, 5.74) is 0.668. The zero-order valence-corrected chi connectivity index (χ0v) is 17.7. The van der Waals surface area contributed by atoms with Crippen LogP contribution in [0.1, 0.15) is 35.7 Å². The van der Waals surface area contributed by atoms with Gasteiger partial charge in [0.05, 0.1) is 15.4 Å². The van der Waals surface area contributed by atoms with Gasteiger partial charge in [-0.3, -0.25) is 19.8 Å². The summed E-state index contributed by atoms with van der Waals surface area (Å²) in [6.07, 6.45) is 3.62. The Morgan fingerprint density at radius 1 is 1.27 bits per heavy atom. The molecular formula is C21H18N2O5S2. The highest BCUT2D eigenvalue weighted by Crippen LogP contribution is 2.33. The van der Waals surface area contributed by atoms with E-state index in [1.165, 1.54) is 30.0 Å². The van der Waals surface area contributed by atoms with Crippen LogP contribution in [0.4, 0.5) is 5.69 Å². The van der Waals surface area contributed by atoms with Crippen LogP contribution >= 0.6 is 24.0 Å². The molecule has 0 atom stereocenters. The fraction of sp³-hybridized carbons (Fsp3) is 0.190. The molecule has 0 aromatic heterocycles. The van der Waals surface area contributed by atoms with Crippen molar-refractivity contribution in [3.63, 3.8) is 0 Å². The van der Waals surface area contributed by atoms with Gasteiger partial charge in [-0.15, -0.1) is 0 Å². The van der Waals surface area contributed by atoms with E-state index in [4.69, 9.17) is 17.0 Å². The summed E-state index contributed by atoms with van der Waals surface area (Å²) < 4.78 is 5.83. The number of non-ortho nitro benzene ring substituents is 1. The van der Waals surface area contributed by atoms with Crippen molar-refractivity contribution >= 4 is 51.9 Å². The Labute approximate surface area is 182 Å². The highest BCUT2D eigenvalue weighted by molar-refractivity contribution is 8.26. The average molecular weight is 443 g/mol. The molecule has 1 amide bonds. The number of nitro groups is 1. The van der Waals surface area contributed by atoms with E-state index in [2.05, 4.69) is 6.92 Å². The number of amides is 1. The van der Waals surface area contributed by atoms with E-state index < -0.39 is 10.9 Å². The van der Waals surface area contributed by atoms with Crippen LogP contribution in [0.5, 0.6) is 5.75 Å². The first-order chi connectivity index (χ1) is 14.4. The lowest BCUT2D eigenvalue weighted by molar-refractivity contribution is -0.384. The van der Waals surface area contributed by atoms with Crippen molar-refractivity contribution in [2.75, 3.05) is 6.54 Å². The SMILES string of the molecule is CCCCN1C(=O)C(=Cc2ccc(OC(=O)c3cccc([N+](=O)[O-])c3)cc2)SC1=S. The molecule has 1 aliphatic heterocycles. The molecule has 0 N–H and O–H groups in total. The molecule has 0 bridgehead atoms. The third kappa shape index (κ3) is 5.11. The number of carbonyl (C=O) groups excluding carboxylic acids is 2. The molecule has 9 heteroatoms. The van der Waals surface area contributed by atoms with E-state index >= 15 is 0 Å². The second kappa shape index (κ2) is 9.64. The van der Waals surface area contributed by atoms with E-state index in [0.29, 0.717) is 21.5 Å². The predicted molar refractivity (Wildman–Crippen MR) is 119 cm³/mol. The molecule has 154 valence electrons. The number of carbonyl (C=O) groups is 2. The van der Waals surface area contributed by atoms with E-state index in [1.54, 1.807) is 35.2 Å². The molecule has 1 heterocycles. The molecular weight excluding hydrogens is 424 g/mol. The van der Waals surface area contributed by atoms with Crippen LogP contribution in [0.15, 0.2) is 53.4 Å². The monoisotopic (exact) mass is 442 g/mol. The molecule has 0 unspecified atom stereocenters. The number of benzene rings is 2. The number of rotatable bonds is 7. The van der Waals surface area contributed by atoms with Gasteiger partial charge >= 0.3 is 5.97 Å². The van der Waals surface area contributed by atoms with E-state index in [9.17, 15) is 19.7 Å². The van der Waals surface area contributed by atoms with Crippen molar-refractivity contribution in [1.82, 2.24) is 4.90 Å². The Kier molecular flexibility index (Phi) is 6.96. The van der Waals surface area contributed by atoms with Crippen molar-refractivity contribution in [1.29, 1.82) is 0 Å². The van der Waals surface area contributed by atoms with Crippen molar-refractivity contribution < 1.29 is 19.2 Å². The fourth-order valence-corrected chi connectivity index (χ4v) is 4.01. The first-order valence-corrected chi connectivity index (χ1v) is 10.4. The third-order valence-electron chi connectivity index (χ3n) is 4.29. The molecule has 0 aliphatic carbocycles. The number of thioether (sulfide) groups is 1. The molecule has 7 nitrogen and oxygen atoms in total. The smallest absolute Gasteiger partial charge is 0.343 e. The summed E-state index contributed by atoms with van der Waals surface area (Å²) in [6, 6.07) is 12.0. The zero-order chi connectivity index (χ0) is 21.7. The Morgan fingerprint density at radius 2 is 2.00 bits per heavy atom. The number of unbranched alkanes of at least 4 members (excludes halogenated alkanes) is 1. The van der Waals surface area contributed by atoms with Crippen LogP contribution in [-0.2, 0) is 4.79 Å². The lowest BCUT2D eigenvalue weighted by Crippen LogP contribution is -2.28. The summed E-state index contributed by atoms with van der Waals surface area (Å²) in [5, 5.41) is 10.8. The molecule has 1 aliphatic rings. The minimum Gasteiger partial charge on any atom is -0.423 e. The van der Waals surface area contributed by atoms with Crippen LogP contribution in [0.3, 0.4) is 0 Å². The van der Waals surface area contributed by atoms with Crippen molar-refractivity contribution in [2.45, 2.75) is 19.8 Å². The molecule has 2 aromatic carbocycles. The maximum atomic E-state index is 12.5. The number of esters is 1. The minimum absolute atomic E-state index is 0.0871. The maximum absolute atomic E-state index is 12.5. The van der Waals surface area contributed by atoms with E-state index in [-0.39, 0.29) is 17.2 Å². The van der Waals surface area contributed by atoms with Gasteiger partial charge in [-0.2, -0.15) is 0 Å². The molecule has 0 saturated carbocycles. The van der Waals surface area contributed by atoms with Gasteiger partial charge in [-0.05, 0) is 36.3 Å². The zero-order valence-electron chi connectivity index (χ0n) is 16.1. The number of nitro benzene ring substituents is 1. The molecule has 0 radical (unpaired) electrons. The number of thiocarbonyl (C=S) groups is 1. The number of nitrogens with zero attached hydrogens (tertiary/aromatic N) is 2. The summed E-state index contributed by atoms with van der Waals surface area (Å²) >= 11 is 6.56. The van der Waals surface area contributed by atoms with Gasteiger partial charge in [0.25, 0.3) is 11.6 Å². The predicted octanol–water partition coefficient (Wildman–Crippen LogP) is 4.82. The molecule has 3 rings (SSSR count). The quantitative estimate of drug-likeness (QED) is 0.152. The maximum Gasteiger partial charge on any atom is 0.343 e. The lowest BCUT2D eigenvalue weighted by Gasteiger charge is -2.13. The average Bonchev–Trinajstić information content (AvgIpc) is 3.00. The summed E-state index contributed by atoms with van der Waals surface area (Å²) in [6.45, 7) is 2.67. The van der Waals surface area contributed by atoms with Gasteiger partial charge in [0.15, 0.2) is 0 Å². The number of hydrogen-bond donors (Lipinski definition) is 0. The van der Waals surface area contributed by atoms with Crippen molar-refractivity contribution in [3.05, 3.63) is 74.7 Å². The molecule has 1 saturated heterocycles. The number of ether oxygens (including phenoxy) is 1. The summed E-state index contributed by atoms with van der Waals surface area (Å²) in [5.74, 6) is -0.498. The van der Waals surface area contributed by atoms with Gasteiger partial charge < -0.3 is 4.74 Å². The van der Waals surface area contributed by atoms with Gasteiger partial charge in [0.2, 0.25) is 0 Å². The normalized spacial score (nSPS) is 15.0. The molecule has 2 aromatic rings.